The summed E-state index contributed by atoms with van der Waals surface area (Å²) in [7, 11) is -3.96. The van der Waals surface area contributed by atoms with Crippen molar-refractivity contribution < 1.29 is 44.3 Å². The summed E-state index contributed by atoms with van der Waals surface area (Å²) >= 11 is 5.68. The maximum Gasteiger partial charge on any atom is 0.573 e. The van der Waals surface area contributed by atoms with Gasteiger partial charge in [-0.15, -0.1) is 13.2 Å². The highest BCUT2D eigenvalue weighted by Gasteiger charge is 2.34. The van der Waals surface area contributed by atoms with Gasteiger partial charge in [0.05, 0.1) is 21.2 Å². The van der Waals surface area contributed by atoms with Gasteiger partial charge < -0.3 is 10.1 Å². The first-order valence-corrected chi connectivity index (χ1v) is 12.4. The highest BCUT2D eigenvalue weighted by molar-refractivity contribution is 7.91. The Labute approximate surface area is 202 Å². The SMILES string of the molecule is O=C(N[C@H]1CC[C@@H](CS(=O)(=O)c2cccc(C(F)(F)F)c2)CC1)c1ccc(Cl)c(OC(F)(F)F)c1. The minimum absolute atomic E-state index is 0.0945. The van der Waals surface area contributed by atoms with Crippen molar-refractivity contribution in [1.29, 1.82) is 0 Å². The Balaban J connectivity index is 1.58. The molecule has 1 aliphatic rings. The predicted molar refractivity (Wildman–Crippen MR) is 115 cm³/mol. The van der Waals surface area contributed by atoms with Gasteiger partial charge >= 0.3 is 12.5 Å². The van der Waals surface area contributed by atoms with Gasteiger partial charge in [-0.2, -0.15) is 13.2 Å². The summed E-state index contributed by atoms with van der Waals surface area (Å²) in [5, 5.41) is 2.37. The normalized spacial score (nSPS) is 19.3. The van der Waals surface area contributed by atoms with Crippen LogP contribution in [0.5, 0.6) is 5.75 Å². The Morgan fingerprint density at radius 3 is 2.26 bits per heavy atom. The molecule has 35 heavy (non-hydrogen) atoms. The lowest BCUT2D eigenvalue weighted by Gasteiger charge is -2.29. The smallest absolute Gasteiger partial charge is 0.404 e. The molecule has 5 nitrogen and oxygen atoms in total. The van der Waals surface area contributed by atoms with Crippen LogP contribution in [0.1, 0.15) is 41.6 Å². The fourth-order valence-corrected chi connectivity index (χ4v) is 5.76. The Morgan fingerprint density at radius 1 is 1.00 bits per heavy atom. The number of rotatable bonds is 6. The molecule has 0 aliphatic heterocycles. The molecule has 1 aliphatic carbocycles. The van der Waals surface area contributed by atoms with Gasteiger partial charge in [-0.3, -0.25) is 4.79 Å². The maximum atomic E-state index is 12.9. The molecule has 2 aromatic rings. The van der Waals surface area contributed by atoms with Crippen molar-refractivity contribution in [3.63, 3.8) is 0 Å². The fourth-order valence-electron chi connectivity index (χ4n) is 3.86. The van der Waals surface area contributed by atoms with Crippen molar-refractivity contribution >= 4 is 27.3 Å². The van der Waals surface area contributed by atoms with Gasteiger partial charge in [0.25, 0.3) is 5.91 Å². The van der Waals surface area contributed by atoms with Gasteiger partial charge in [0.1, 0.15) is 5.75 Å². The summed E-state index contributed by atoms with van der Waals surface area (Å²) < 4.78 is 105. The topological polar surface area (TPSA) is 72.5 Å². The molecule has 192 valence electrons. The van der Waals surface area contributed by atoms with E-state index in [-0.39, 0.29) is 28.3 Å². The zero-order valence-electron chi connectivity index (χ0n) is 17.9. The van der Waals surface area contributed by atoms with Gasteiger partial charge in [-0.25, -0.2) is 8.42 Å². The van der Waals surface area contributed by atoms with E-state index in [1.54, 1.807) is 0 Å². The van der Waals surface area contributed by atoms with E-state index in [1.807, 2.05) is 0 Å². The van der Waals surface area contributed by atoms with Crippen LogP contribution in [-0.4, -0.2) is 32.5 Å². The van der Waals surface area contributed by atoms with E-state index in [2.05, 4.69) is 10.1 Å². The summed E-state index contributed by atoms with van der Waals surface area (Å²) in [6, 6.07) is 6.46. The van der Waals surface area contributed by atoms with Crippen LogP contribution in [-0.2, 0) is 16.0 Å². The number of carbonyl (C=O) groups is 1. The predicted octanol–water partition coefficient (Wildman–Crippen LogP) is 6.02. The average Bonchev–Trinajstić information content (AvgIpc) is 2.75. The van der Waals surface area contributed by atoms with Crippen LogP contribution >= 0.6 is 11.6 Å². The summed E-state index contributed by atoms with van der Waals surface area (Å²) in [6.45, 7) is 0. The number of amides is 1. The number of benzene rings is 2. The lowest BCUT2D eigenvalue weighted by atomic mass is 9.87. The Hall–Kier alpha value is -2.47. The molecule has 0 bridgehead atoms. The Kier molecular flexibility index (Phi) is 7.95. The zero-order chi connectivity index (χ0) is 26.0. The molecule has 1 amide bonds. The van der Waals surface area contributed by atoms with E-state index >= 15 is 0 Å². The van der Waals surface area contributed by atoms with Gasteiger partial charge in [0.15, 0.2) is 9.84 Å². The molecule has 1 N–H and O–H groups in total. The van der Waals surface area contributed by atoms with Crippen LogP contribution in [0.25, 0.3) is 0 Å². The second-order valence-corrected chi connectivity index (χ2v) is 10.6. The third-order valence-corrected chi connectivity index (χ3v) is 7.77. The molecule has 0 spiro atoms. The van der Waals surface area contributed by atoms with E-state index in [1.165, 1.54) is 6.07 Å². The first kappa shape index (κ1) is 27.1. The van der Waals surface area contributed by atoms with Crippen molar-refractivity contribution in [3.05, 3.63) is 58.6 Å². The lowest BCUT2D eigenvalue weighted by molar-refractivity contribution is -0.274. The quantitative estimate of drug-likeness (QED) is 0.452. The van der Waals surface area contributed by atoms with Gasteiger partial charge in [-0.05, 0) is 68.0 Å². The van der Waals surface area contributed by atoms with E-state index in [0.29, 0.717) is 31.7 Å². The highest BCUT2D eigenvalue weighted by atomic mass is 35.5. The van der Waals surface area contributed by atoms with Gasteiger partial charge in [0.2, 0.25) is 0 Å². The molecule has 0 saturated heterocycles. The molecule has 2 aromatic carbocycles. The van der Waals surface area contributed by atoms with Gasteiger partial charge in [0, 0.05) is 11.6 Å². The molecular weight excluding hydrogens is 524 g/mol. The number of halogens is 7. The molecule has 1 fully saturated rings. The Morgan fingerprint density at radius 2 is 1.66 bits per heavy atom. The lowest BCUT2D eigenvalue weighted by Crippen LogP contribution is -2.38. The van der Waals surface area contributed by atoms with Crippen LogP contribution in [0.15, 0.2) is 47.4 Å². The van der Waals surface area contributed by atoms with E-state index in [9.17, 15) is 39.6 Å². The molecule has 0 unspecified atom stereocenters. The Bertz CT molecular complexity index is 1180. The van der Waals surface area contributed by atoms with Crippen molar-refractivity contribution in [1.82, 2.24) is 5.32 Å². The number of ether oxygens (including phenoxy) is 1. The van der Waals surface area contributed by atoms with Crippen molar-refractivity contribution in [3.8, 4) is 5.75 Å². The van der Waals surface area contributed by atoms with E-state index < -0.39 is 44.5 Å². The van der Waals surface area contributed by atoms with Crippen molar-refractivity contribution in [2.45, 2.75) is 49.2 Å². The molecule has 0 radical (unpaired) electrons. The summed E-state index contributed by atoms with van der Waals surface area (Å²) in [5.41, 5.74) is -1.14. The number of carbonyl (C=O) groups excluding carboxylic acids is 1. The fraction of sp³-hybridized carbons (Fsp3) is 0.409. The van der Waals surface area contributed by atoms with Crippen molar-refractivity contribution in [2.75, 3.05) is 5.75 Å². The second kappa shape index (κ2) is 10.3. The third kappa shape index (κ3) is 7.50. The molecule has 3 rings (SSSR count). The molecule has 0 aromatic heterocycles. The number of nitrogens with one attached hydrogen (secondary N) is 1. The maximum absolute atomic E-state index is 12.9. The summed E-state index contributed by atoms with van der Waals surface area (Å²) in [6.07, 6.45) is -8.06. The first-order valence-electron chi connectivity index (χ1n) is 10.4. The molecule has 0 heterocycles. The zero-order valence-corrected chi connectivity index (χ0v) is 19.5. The van der Waals surface area contributed by atoms with Gasteiger partial charge in [-0.1, -0.05) is 17.7 Å². The van der Waals surface area contributed by atoms with Crippen LogP contribution in [0.4, 0.5) is 26.3 Å². The minimum Gasteiger partial charge on any atom is -0.404 e. The molecular formula is C22H20ClF6NO4S. The van der Waals surface area contributed by atoms with E-state index in [4.69, 9.17) is 11.6 Å². The molecule has 13 heteroatoms. The molecule has 0 atom stereocenters. The number of alkyl halides is 6. The number of hydrogen-bond acceptors (Lipinski definition) is 4. The third-order valence-electron chi connectivity index (χ3n) is 5.58. The first-order chi connectivity index (χ1) is 16.1. The van der Waals surface area contributed by atoms with E-state index in [0.717, 1.165) is 30.3 Å². The minimum atomic E-state index is -4.98. The monoisotopic (exact) mass is 543 g/mol. The van der Waals surface area contributed by atoms with Crippen molar-refractivity contribution in [2.24, 2.45) is 5.92 Å². The van der Waals surface area contributed by atoms with Crippen LogP contribution in [0, 0.1) is 5.92 Å². The summed E-state index contributed by atoms with van der Waals surface area (Å²) in [4.78, 5) is 12.1. The van der Waals surface area contributed by atoms with Crippen LogP contribution in [0.3, 0.4) is 0 Å². The van der Waals surface area contributed by atoms with Crippen LogP contribution < -0.4 is 10.1 Å². The number of sulfone groups is 1. The largest absolute Gasteiger partial charge is 0.573 e. The highest BCUT2D eigenvalue weighted by Crippen LogP contribution is 2.33. The summed E-state index contributed by atoms with van der Waals surface area (Å²) in [5.74, 6) is -2.00. The standard InChI is InChI=1S/C22H20ClF6NO4S/c23-18-9-6-14(10-19(18)34-22(27,28)29)20(31)30-16-7-4-13(5-8-16)12-35(32,33)17-3-1-2-15(11-17)21(24,25)26/h1-3,6,9-11,13,16H,4-5,7-8,12H2,(H,30,31)/t13-,16+. The average molecular weight is 544 g/mol. The second-order valence-electron chi connectivity index (χ2n) is 8.19. The molecule has 1 saturated carbocycles. The van der Waals surface area contributed by atoms with Crippen LogP contribution in [0.2, 0.25) is 5.02 Å². The number of hydrogen-bond donors (Lipinski definition) is 1.